The lowest BCUT2D eigenvalue weighted by atomic mass is 10.0. The first-order valence-corrected chi connectivity index (χ1v) is 10.4. The fourth-order valence-corrected chi connectivity index (χ4v) is 4.82. The van der Waals surface area contributed by atoms with Crippen molar-refractivity contribution in [1.82, 2.24) is 25.1 Å². The topological polar surface area (TPSA) is 61.4 Å². The van der Waals surface area contributed by atoms with Crippen LogP contribution in [-0.2, 0) is 6.54 Å². The predicted octanol–water partition coefficient (Wildman–Crippen LogP) is 5.30. The minimum absolute atomic E-state index is 0.964. The number of aryl methyl sites for hydroxylation is 1. The van der Waals surface area contributed by atoms with Gasteiger partial charge in [0.25, 0.3) is 0 Å². The molecule has 0 bridgehead atoms. The molecule has 0 aliphatic carbocycles. The van der Waals surface area contributed by atoms with Crippen molar-refractivity contribution in [2.24, 2.45) is 0 Å². The second-order valence-electron chi connectivity index (χ2n) is 7.65. The number of rotatable bonds is 5. The summed E-state index contributed by atoms with van der Waals surface area (Å²) in [5.74, 6) is 0. The van der Waals surface area contributed by atoms with E-state index in [1.807, 2.05) is 0 Å². The van der Waals surface area contributed by atoms with E-state index in [1.165, 1.54) is 38.0 Å². The van der Waals surface area contributed by atoms with Crippen molar-refractivity contribution in [2.45, 2.75) is 19.9 Å². The molecule has 0 saturated carbocycles. The number of para-hydroxylation sites is 2. The van der Waals surface area contributed by atoms with Crippen LogP contribution in [0.2, 0.25) is 0 Å². The molecule has 29 heavy (non-hydrogen) atoms. The average molecular weight is 381 g/mol. The van der Waals surface area contributed by atoms with Crippen LogP contribution in [0.25, 0.3) is 54.5 Å². The van der Waals surface area contributed by atoms with E-state index in [4.69, 9.17) is 4.98 Å². The molecule has 5 nitrogen and oxygen atoms in total. The zero-order valence-electron chi connectivity index (χ0n) is 16.4. The molecule has 0 aliphatic heterocycles. The Morgan fingerprint density at radius 2 is 1.79 bits per heavy atom. The zero-order valence-corrected chi connectivity index (χ0v) is 16.4. The van der Waals surface area contributed by atoms with Gasteiger partial charge in [-0.3, -0.25) is 0 Å². The van der Waals surface area contributed by atoms with E-state index in [0.29, 0.717) is 0 Å². The molecule has 0 amide bonds. The van der Waals surface area contributed by atoms with Crippen molar-refractivity contribution < 1.29 is 0 Å². The Labute approximate surface area is 167 Å². The van der Waals surface area contributed by atoms with Gasteiger partial charge < -0.3 is 20.1 Å². The van der Waals surface area contributed by atoms with Gasteiger partial charge in [-0.2, -0.15) is 0 Å². The van der Waals surface area contributed by atoms with Crippen LogP contribution in [-0.4, -0.2) is 32.8 Å². The van der Waals surface area contributed by atoms with Crippen molar-refractivity contribution in [3.63, 3.8) is 0 Å². The summed E-state index contributed by atoms with van der Waals surface area (Å²) in [6, 6.07) is 17.2. The number of benzene rings is 3. The summed E-state index contributed by atoms with van der Waals surface area (Å²) in [6.45, 7) is 5.14. The average Bonchev–Trinajstić information content (AvgIpc) is 3.44. The van der Waals surface area contributed by atoms with Crippen LogP contribution < -0.4 is 5.32 Å². The summed E-state index contributed by atoms with van der Waals surface area (Å²) in [6.07, 6.45) is 3.15. The molecule has 0 unspecified atom stereocenters. The first kappa shape index (κ1) is 16.6. The molecular weight excluding hydrogens is 358 g/mol. The van der Waals surface area contributed by atoms with Crippen LogP contribution in [0, 0.1) is 0 Å². The Kier molecular flexibility index (Phi) is 3.64. The van der Waals surface area contributed by atoms with E-state index < -0.39 is 0 Å². The largest absolute Gasteiger partial charge is 0.339 e. The standard InChI is InChI=1S/C24H23N5/c1-2-25-12-7-13-29-19-11-6-4-9-16(19)21-22-17(14-26-28-22)20-15-8-3-5-10-18(15)27-23(20)24(21)29/h3-6,8-11,14,25-26,28H,2,7,12-13H2,1H3. The van der Waals surface area contributed by atoms with Gasteiger partial charge in [0.05, 0.1) is 22.1 Å². The first-order valence-electron chi connectivity index (χ1n) is 10.4. The second kappa shape index (κ2) is 6.36. The number of nitrogens with zero attached hydrogens (tertiary/aromatic N) is 2. The third kappa shape index (κ3) is 2.28. The van der Waals surface area contributed by atoms with Crippen molar-refractivity contribution in [2.75, 3.05) is 13.1 Å². The summed E-state index contributed by atoms with van der Waals surface area (Å²) >= 11 is 0. The first-order chi connectivity index (χ1) is 14.4. The van der Waals surface area contributed by atoms with E-state index in [1.54, 1.807) is 0 Å². The maximum atomic E-state index is 5.11. The molecule has 0 fully saturated rings. The Morgan fingerprint density at radius 1 is 0.966 bits per heavy atom. The quantitative estimate of drug-likeness (QED) is 0.355. The van der Waals surface area contributed by atoms with Gasteiger partial charge in [-0.1, -0.05) is 43.3 Å². The fraction of sp³-hybridized carbons (Fsp3) is 0.208. The van der Waals surface area contributed by atoms with E-state index in [9.17, 15) is 0 Å². The van der Waals surface area contributed by atoms with Crippen molar-refractivity contribution in [1.29, 1.82) is 0 Å². The Hall–Kier alpha value is -3.31. The summed E-state index contributed by atoms with van der Waals surface area (Å²) in [7, 11) is 0. The van der Waals surface area contributed by atoms with Crippen molar-refractivity contribution in [3.05, 3.63) is 54.7 Å². The van der Waals surface area contributed by atoms with Gasteiger partial charge in [0.2, 0.25) is 0 Å². The maximum Gasteiger partial charge on any atom is 0.0967 e. The molecule has 0 aliphatic rings. The van der Waals surface area contributed by atoms with E-state index >= 15 is 0 Å². The summed E-state index contributed by atoms with van der Waals surface area (Å²) in [4.78, 5) is 5.11. The molecule has 3 heterocycles. The number of aromatic amines is 2. The van der Waals surface area contributed by atoms with Gasteiger partial charge >= 0.3 is 0 Å². The molecule has 144 valence electrons. The third-order valence-electron chi connectivity index (χ3n) is 6.03. The maximum absolute atomic E-state index is 5.11. The number of hydrogen-bond donors (Lipinski definition) is 3. The number of fused-ring (bicyclic) bond motifs is 10. The minimum Gasteiger partial charge on any atom is -0.339 e. The van der Waals surface area contributed by atoms with Gasteiger partial charge in [0.15, 0.2) is 0 Å². The predicted molar refractivity (Wildman–Crippen MR) is 122 cm³/mol. The van der Waals surface area contributed by atoms with Crippen LogP contribution in [0.15, 0.2) is 54.7 Å². The molecule has 0 spiro atoms. The zero-order chi connectivity index (χ0) is 19.4. The summed E-state index contributed by atoms with van der Waals surface area (Å²) < 4.78 is 2.47. The van der Waals surface area contributed by atoms with Gasteiger partial charge in [-0.05, 0) is 31.6 Å². The molecule has 5 heteroatoms. The van der Waals surface area contributed by atoms with E-state index in [2.05, 4.69) is 81.7 Å². The number of nitrogens with one attached hydrogen (secondary N) is 3. The molecule has 3 N–H and O–H groups in total. The molecule has 0 atom stereocenters. The molecule has 3 aromatic heterocycles. The van der Waals surface area contributed by atoms with Crippen LogP contribution in [0.4, 0.5) is 0 Å². The van der Waals surface area contributed by atoms with Crippen LogP contribution >= 0.6 is 0 Å². The minimum atomic E-state index is 0.964. The SMILES string of the molecule is CCNCCCn1c2ccccc2c2c3[nH][nH]cc3c3c4ccccc4nc3c21. The molecule has 0 radical (unpaired) electrons. The monoisotopic (exact) mass is 381 g/mol. The highest BCUT2D eigenvalue weighted by atomic mass is 15.1. The van der Waals surface area contributed by atoms with Crippen LogP contribution in [0.1, 0.15) is 13.3 Å². The number of aromatic nitrogens is 4. The second-order valence-corrected chi connectivity index (χ2v) is 7.65. The van der Waals surface area contributed by atoms with Crippen molar-refractivity contribution >= 4 is 54.5 Å². The summed E-state index contributed by atoms with van der Waals surface area (Å²) in [5, 5.41) is 16.3. The smallest absolute Gasteiger partial charge is 0.0967 e. The number of H-pyrrole nitrogens is 2. The van der Waals surface area contributed by atoms with Gasteiger partial charge in [0, 0.05) is 45.2 Å². The van der Waals surface area contributed by atoms with E-state index in [-0.39, 0.29) is 0 Å². The lowest BCUT2D eigenvalue weighted by Gasteiger charge is -2.09. The van der Waals surface area contributed by atoms with Gasteiger partial charge in [0.1, 0.15) is 0 Å². The fourth-order valence-electron chi connectivity index (χ4n) is 4.82. The lowest BCUT2D eigenvalue weighted by molar-refractivity contribution is 0.612. The Balaban J connectivity index is 1.80. The van der Waals surface area contributed by atoms with Gasteiger partial charge in [-0.25, -0.2) is 4.98 Å². The van der Waals surface area contributed by atoms with Crippen LogP contribution in [0.3, 0.4) is 0 Å². The molecule has 6 aromatic rings. The summed E-state index contributed by atoms with van der Waals surface area (Å²) in [5.41, 5.74) is 5.82. The normalized spacial score (nSPS) is 12.3. The van der Waals surface area contributed by atoms with Crippen LogP contribution in [0.5, 0.6) is 0 Å². The highest BCUT2D eigenvalue weighted by Gasteiger charge is 2.21. The highest BCUT2D eigenvalue weighted by molar-refractivity contribution is 6.34. The molecule has 3 aromatic carbocycles. The number of hydrogen-bond acceptors (Lipinski definition) is 2. The van der Waals surface area contributed by atoms with Gasteiger partial charge in [-0.15, -0.1) is 0 Å². The Bertz CT molecular complexity index is 1500. The molecular formula is C24H23N5. The Morgan fingerprint density at radius 3 is 2.69 bits per heavy atom. The van der Waals surface area contributed by atoms with Crippen molar-refractivity contribution in [3.8, 4) is 0 Å². The lowest BCUT2D eigenvalue weighted by Crippen LogP contribution is -2.15. The molecule has 6 rings (SSSR count). The molecule has 0 saturated heterocycles. The highest BCUT2D eigenvalue weighted by Crippen LogP contribution is 2.42. The third-order valence-corrected chi connectivity index (χ3v) is 6.03. The van der Waals surface area contributed by atoms with E-state index in [0.717, 1.165) is 42.6 Å².